The molecule has 4 heterocycles. The smallest absolute Gasteiger partial charge is 0.227 e. The number of hydrogen-bond donors (Lipinski definition) is 1. The second kappa shape index (κ2) is 6.29. The quantitative estimate of drug-likeness (QED) is 0.902. The number of aryl methyl sites for hydroxylation is 2. The third kappa shape index (κ3) is 2.97. The summed E-state index contributed by atoms with van der Waals surface area (Å²) in [5.74, 6) is 1.93. The van der Waals surface area contributed by atoms with Crippen LogP contribution in [0.1, 0.15) is 28.7 Å². The minimum absolute atomic E-state index is 0.436. The first-order valence-electron chi connectivity index (χ1n) is 9.08. The predicted molar refractivity (Wildman–Crippen MR) is 99.6 cm³/mol. The van der Waals surface area contributed by atoms with E-state index in [1.807, 2.05) is 19.0 Å². The Kier molecular flexibility index (Phi) is 4.11. The van der Waals surface area contributed by atoms with Gasteiger partial charge in [0.15, 0.2) is 0 Å². The second-order valence-corrected chi connectivity index (χ2v) is 7.35. The van der Waals surface area contributed by atoms with Crippen LogP contribution in [0.5, 0.6) is 0 Å². The first-order chi connectivity index (χ1) is 12.0. The molecule has 7 nitrogen and oxygen atoms in total. The molecule has 2 aromatic rings. The van der Waals surface area contributed by atoms with Gasteiger partial charge in [0.05, 0.1) is 17.4 Å². The van der Waals surface area contributed by atoms with Gasteiger partial charge in [-0.05, 0) is 32.9 Å². The van der Waals surface area contributed by atoms with Crippen LogP contribution in [0.2, 0.25) is 0 Å². The van der Waals surface area contributed by atoms with Gasteiger partial charge in [0.2, 0.25) is 5.95 Å². The lowest BCUT2D eigenvalue weighted by atomic mass is 10.0. The molecule has 7 heteroatoms. The third-order valence-corrected chi connectivity index (χ3v) is 5.10. The molecule has 0 spiro atoms. The highest BCUT2D eigenvalue weighted by Gasteiger charge is 2.33. The molecule has 0 unspecified atom stereocenters. The van der Waals surface area contributed by atoms with E-state index < -0.39 is 0 Å². The Labute approximate surface area is 149 Å². The molecule has 0 atom stereocenters. The van der Waals surface area contributed by atoms with Crippen LogP contribution in [0, 0.1) is 13.8 Å². The lowest BCUT2D eigenvalue weighted by Crippen LogP contribution is -2.49. The molecule has 2 aromatic heterocycles. The molecule has 4 rings (SSSR count). The maximum atomic E-state index is 4.89. The average molecular weight is 341 g/mol. The normalized spacial score (nSPS) is 17.8. The number of nitrogens with one attached hydrogen (secondary N) is 1. The number of aromatic nitrogens is 4. The SMILES string of the molecule is Cc1cc(C)n(C2CN(c3nc(N(C)C)nc4c3CCNCC4)C2)n1. The van der Waals surface area contributed by atoms with Crippen molar-refractivity contribution in [2.75, 3.05) is 50.1 Å². The predicted octanol–water partition coefficient (Wildman–Crippen LogP) is 1.11. The van der Waals surface area contributed by atoms with Crippen molar-refractivity contribution in [2.24, 2.45) is 0 Å². The summed E-state index contributed by atoms with van der Waals surface area (Å²) in [6.45, 7) is 8.11. The van der Waals surface area contributed by atoms with E-state index in [1.165, 1.54) is 17.0 Å². The van der Waals surface area contributed by atoms with E-state index in [-0.39, 0.29) is 0 Å². The molecule has 0 saturated carbocycles. The van der Waals surface area contributed by atoms with Crippen molar-refractivity contribution >= 4 is 11.8 Å². The molecule has 1 fully saturated rings. The van der Waals surface area contributed by atoms with Crippen LogP contribution in [0.15, 0.2) is 6.07 Å². The van der Waals surface area contributed by atoms with E-state index in [4.69, 9.17) is 9.97 Å². The second-order valence-electron chi connectivity index (χ2n) is 7.35. The highest BCUT2D eigenvalue weighted by Crippen LogP contribution is 2.32. The largest absolute Gasteiger partial charge is 0.352 e. The first-order valence-corrected chi connectivity index (χ1v) is 9.08. The number of nitrogens with zero attached hydrogens (tertiary/aromatic N) is 6. The van der Waals surface area contributed by atoms with Gasteiger partial charge < -0.3 is 15.1 Å². The van der Waals surface area contributed by atoms with Crippen molar-refractivity contribution in [3.63, 3.8) is 0 Å². The van der Waals surface area contributed by atoms with Gasteiger partial charge in [-0.15, -0.1) is 0 Å². The zero-order chi connectivity index (χ0) is 17.6. The Morgan fingerprint density at radius 3 is 2.56 bits per heavy atom. The lowest BCUT2D eigenvalue weighted by Gasteiger charge is -2.41. The molecule has 134 valence electrons. The fourth-order valence-electron chi connectivity index (χ4n) is 3.77. The molecule has 25 heavy (non-hydrogen) atoms. The fraction of sp³-hybridized carbons (Fsp3) is 0.611. The highest BCUT2D eigenvalue weighted by atomic mass is 15.4. The van der Waals surface area contributed by atoms with Gasteiger partial charge >= 0.3 is 0 Å². The van der Waals surface area contributed by atoms with Gasteiger partial charge in [0.1, 0.15) is 5.82 Å². The number of hydrogen-bond acceptors (Lipinski definition) is 6. The van der Waals surface area contributed by atoms with Crippen molar-refractivity contribution in [3.05, 3.63) is 28.7 Å². The van der Waals surface area contributed by atoms with Crippen molar-refractivity contribution in [1.82, 2.24) is 25.1 Å². The number of anilines is 2. The number of rotatable bonds is 3. The van der Waals surface area contributed by atoms with Gasteiger partial charge in [0, 0.05) is 51.4 Å². The molecular formula is C18H27N7. The Morgan fingerprint density at radius 2 is 1.88 bits per heavy atom. The van der Waals surface area contributed by atoms with Gasteiger partial charge in [-0.3, -0.25) is 4.68 Å². The van der Waals surface area contributed by atoms with Crippen LogP contribution >= 0.6 is 0 Å². The van der Waals surface area contributed by atoms with Crippen LogP contribution < -0.4 is 15.1 Å². The van der Waals surface area contributed by atoms with Crippen LogP contribution in [0.4, 0.5) is 11.8 Å². The molecular weight excluding hydrogens is 314 g/mol. The highest BCUT2D eigenvalue weighted by molar-refractivity contribution is 5.55. The molecule has 0 aromatic carbocycles. The Hall–Kier alpha value is -2.15. The topological polar surface area (TPSA) is 62.1 Å². The molecule has 0 bridgehead atoms. The van der Waals surface area contributed by atoms with E-state index in [9.17, 15) is 0 Å². The summed E-state index contributed by atoms with van der Waals surface area (Å²) in [7, 11) is 4.02. The van der Waals surface area contributed by atoms with E-state index in [0.717, 1.165) is 56.5 Å². The summed E-state index contributed by atoms with van der Waals surface area (Å²) in [5, 5.41) is 8.12. The molecule has 0 radical (unpaired) electrons. The van der Waals surface area contributed by atoms with Crippen LogP contribution in [-0.2, 0) is 12.8 Å². The summed E-state index contributed by atoms with van der Waals surface area (Å²) in [5.41, 5.74) is 4.85. The Balaban J connectivity index is 1.62. The monoisotopic (exact) mass is 341 g/mol. The summed E-state index contributed by atoms with van der Waals surface area (Å²) >= 11 is 0. The first kappa shape index (κ1) is 16.3. The molecule has 0 amide bonds. The fourth-order valence-corrected chi connectivity index (χ4v) is 3.77. The van der Waals surface area contributed by atoms with Crippen LogP contribution in [0.3, 0.4) is 0 Å². The van der Waals surface area contributed by atoms with Gasteiger partial charge in [-0.2, -0.15) is 10.1 Å². The Morgan fingerprint density at radius 1 is 1.12 bits per heavy atom. The van der Waals surface area contributed by atoms with Gasteiger partial charge in [0.25, 0.3) is 0 Å². The summed E-state index contributed by atoms with van der Waals surface area (Å²) in [6, 6.07) is 2.58. The maximum absolute atomic E-state index is 4.89. The third-order valence-electron chi connectivity index (χ3n) is 5.10. The van der Waals surface area contributed by atoms with Gasteiger partial charge in [-0.1, -0.05) is 0 Å². The standard InChI is InChI=1S/C18H27N7/c1-12-9-13(2)25(22-12)14-10-24(11-14)17-15-5-7-19-8-6-16(15)20-18(21-17)23(3)4/h9,14,19H,5-8,10-11H2,1-4H3. The minimum Gasteiger partial charge on any atom is -0.352 e. The minimum atomic E-state index is 0.436. The zero-order valence-corrected chi connectivity index (χ0v) is 15.6. The van der Waals surface area contributed by atoms with Crippen molar-refractivity contribution in [3.8, 4) is 0 Å². The molecule has 2 aliphatic heterocycles. The van der Waals surface area contributed by atoms with Crippen molar-refractivity contribution in [2.45, 2.75) is 32.7 Å². The van der Waals surface area contributed by atoms with Crippen LogP contribution in [0.25, 0.3) is 0 Å². The van der Waals surface area contributed by atoms with E-state index in [0.29, 0.717) is 6.04 Å². The van der Waals surface area contributed by atoms with E-state index >= 15 is 0 Å². The van der Waals surface area contributed by atoms with Gasteiger partial charge in [-0.25, -0.2) is 4.98 Å². The maximum Gasteiger partial charge on any atom is 0.227 e. The molecule has 2 aliphatic rings. The Bertz CT molecular complexity index is 774. The van der Waals surface area contributed by atoms with Crippen molar-refractivity contribution < 1.29 is 0 Å². The summed E-state index contributed by atoms with van der Waals surface area (Å²) < 4.78 is 2.17. The molecule has 1 N–H and O–H groups in total. The zero-order valence-electron chi connectivity index (χ0n) is 15.6. The van der Waals surface area contributed by atoms with Crippen molar-refractivity contribution in [1.29, 1.82) is 0 Å². The molecule has 0 aliphatic carbocycles. The van der Waals surface area contributed by atoms with E-state index in [1.54, 1.807) is 0 Å². The molecule has 1 saturated heterocycles. The number of fused-ring (bicyclic) bond motifs is 1. The van der Waals surface area contributed by atoms with Crippen LogP contribution in [-0.4, -0.2) is 60.0 Å². The summed E-state index contributed by atoms with van der Waals surface area (Å²) in [6.07, 6.45) is 1.97. The lowest BCUT2D eigenvalue weighted by molar-refractivity contribution is 0.358. The average Bonchev–Trinajstić information content (AvgIpc) is 2.73. The van der Waals surface area contributed by atoms with E-state index in [2.05, 4.69) is 39.9 Å². The summed E-state index contributed by atoms with van der Waals surface area (Å²) in [4.78, 5) is 14.1.